The Morgan fingerprint density at radius 3 is 3.00 bits per heavy atom. The van der Waals surface area contributed by atoms with E-state index in [2.05, 4.69) is 15.3 Å². The second kappa shape index (κ2) is 8.62. The number of fused-ring (bicyclic) bond motifs is 1. The highest BCUT2D eigenvalue weighted by molar-refractivity contribution is 6.30. The van der Waals surface area contributed by atoms with E-state index >= 15 is 0 Å². The molecule has 0 saturated heterocycles. The quantitative estimate of drug-likeness (QED) is 0.835. The first-order chi connectivity index (χ1) is 12.5. The van der Waals surface area contributed by atoms with Crippen molar-refractivity contribution in [3.8, 4) is 0 Å². The smallest absolute Gasteiger partial charge is 0.246 e. The Labute approximate surface area is 156 Å². The lowest BCUT2D eigenvalue weighted by molar-refractivity contribution is -0.124. The zero-order chi connectivity index (χ0) is 18.5. The van der Waals surface area contributed by atoms with E-state index in [4.69, 9.17) is 16.3 Å². The number of carbonyl (C=O) groups excluding carboxylic acids is 1. The van der Waals surface area contributed by atoms with Crippen LogP contribution in [-0.2, 0) is 35.7 Å². The lowest BCUT2D eigenvalue weighted by atomic mass is 10.2. The summed E-state index contributed by atoms with van der Waals surface area (Å²) < 4.78 is 20.1. The number of amides is 1. The number of carbonyl (C=O) groups is 1. The van der Waals surface area contributed by atoms with Gasteiger partial charge in [0.1, 0.15) is 12.4 Å². The van der Waals surface area contributed by atoms with Crippen LogP contribution in [0.15, 0.2) is 24.3 Å². The highest BCUT2D eigenvalue weighted by Crippen LogP contribution is 2.20. The summed E-state index contributed by atoms with van der Waals surface area (Å²) in [5.74, 6) is -0.560. The molecule has 0 atom stereocenters. The van der Waals surface area contributed by atoms with Crippen LogP contribution in [0.4, 0.5) is 4.39 Å². The maximum atomic E-state index is 13.3. The Hall–Kier alpha value is -1.96. The number of hydrogen-bond donors (Lipinski definition) is 1. The van der Waals surface area contributed by atoms with Gasteiger partial charge in [-0.25, -0.2) is 4.39 Å². The molecule has 1 amide bonds. The monoisotopic (exact) mass is 380 g/mol. The van der Waals surface area contributed by atoms with Crippen LogP contribution in [0.1, 0.15) is 23.4 Å². The minimum atomic E-state index is -0.399. The van der Waals surface area contributed by atoms with Crippen molar-refractivity contribution in [2.45, 2.75) is 32.6 Å². The number of aromatic nitrogens is 2. The number of rotatable bonds is 6. The fourth-order valence-corrected chi connectivity index (χ4v) is 3.28. The average molecular weight is 381 g/mol. The van der Waals surface area contributed by atoms with Crippen molar-refractivity contribution in [1.82, 2.24) is 20.0 Å². The second-order valence-electron chi connectivity index (χ2n) is 6.37. The number of ether oxygens (including phenoxy) is 1. The average Bonchev–Trinajstić information content (AvgIpc) is 2.89. The van der Waals surface area contributed by atoms with Crippen molar-refractivity contribution in [1.29, 1.82) is 0 Å². The molecular weight excluding hydrogens is 359 g/mol. The van der Waals surface area contributed by atoms with Gasteiger partial charge in [-0.3, -0.25) is 14.4 Å². The molecule has 8 heteroatoms. The Balaban J connectivity index is 1.63. The largest absolute Gasteiger partial charge is 0.375 e. The van der Waals surface area contributed by atoms with E-state index in [0.29, 0.717) is 13.1 Å². The molecule has 0 radical (unpaired) electrons. The highest BCUT2D eigenvalue weighted by Gasteiger charge is 2.17. The zero-order valence-electron chi connectivity index (χ0n) is 14.7. The van der Waals surface area contributed by atoms with Gasteiger partial charge in [0.25, 0.3) is 0 Å². The molecule has 0 fully saturated rings. The van der Waals surface area contributed by atoms with Gasteiger partial charge in [0.05, 0.1) is 23.0 Å². The van der Waals surface area contributed by atoms with E-state index in [1.165, 1.54) is 13.2 Å². The minimum absolute atomic E-state index is 0.0432. The van der Waals surface area contributed by atoms with Gasteiger partial charge in [-0.05, 0) is 30.2 Å². The van der Waals surface area contributed by atoms with Crippen molar-refractivity contribution < 1.29 is 13.9 Å². The maximum Gasteiger partial charge on any atom is 0.246 e. The Morgan fingerprint density at radius 1 is 1.38 bits per heavy atom. The molecule has 1 aliphatic rings. The third kappa shape index (κ3) is 4.81. The molecule has 2 aromatic rings. The first-order valence-corrected chi connectivity index (χ1v) is 8.90. The van der Waals surface area contributed by atoms with Crippen molar-refractivity contribution in [2.75, 3.05) is 20.3 Å². The SMILES string of the molecule is COCC(=O)NCc1cc2n(n1)CCCN(Cc1ccc(F)c(Cl)c1)C2. The number of aryl methyl sites for hydroxylation is 1. The van der Waals surface area contributed by atoms with Crippen LogP contribution in [0.2, 0.25) is 5.02 Å². The van der Waals surface area contributed by atoms with E-state index in [9.17, 15) is 9.18 Å². The fraction of sp³-hybridized carbons (Fsp3) is 0.444. The molecule has 1 aromatic heterocycles. The summed E-state index contributed by atoms with van der Waals surface area (Å²) >= 11 is 5.88. The molecule has 26 heavy (non-hydrogen) atoms. The van der Waals surface area contributed by atoms with Crippen LogP contribution in [-0.4, -0.2) is 40.8 Å². The van der Waals surface area contributed by atoms with E-state index < -0.39 is 5.82 Å². The van der Waals surface area contributed by atoms with Gasteiger partial charge in [-0.2, -0.15) is 5.10 Å². The Morgan fingerprint density at radius 2 is 2.23 bits per heavy atom. The third-order valence-corrected chi connectivity index (χ3v) is 4.57. The summed E-state index contributed by atoms with van der Waals surface area (Å²) in [5, 5.41) is 7.51. The summed E-state index contributed by atoms with van der Waals surface area (Å²) in [7, 11) is 1.49. The maximum absolute atomic E-state index is 13.3. The van der Waals surface area contributed by atoms with Crippen molar-refractivity contribution in [3.63, 3.8) is 0 Å². The van der Waals surface area contributed by atoms with Crippen LogP contribution < -0.4 is 5.32 Å². The van der Waals surface area contributed by atoms with Gasteiger partial charge in [-0.15, -0.1) is 0 Å². The lowest BCUT2D eigenvalue weighted by Crippen LogP contribution is -2.26. The summed E-state index contributed by atoms with van der Waals surface area (Å²) in [4.78, 5) is 13.8. The number of nitrogens with zero attached hydrogens (tertiary/aromatic N) is 3. The van der Waals surface area contributed by atoms with Crippen LogP contribution in [0, 0.1) is 5.82 Å². The third-order valence-electron chi connectivity index (χ3n) is 4.28. The molecule has 1 N–H and O–H groups in total. The summed E-state index contributed by atoms with van der Waals surface area (Å²) in [6.45, 7) is 3.64. The van der Waals surface area contributed by atoms with Crippen LogP contribution in [0.25, 0.3) is 0 Å². The van der Waals surface area contributed by atoms with Gasteiger partial charge in [-0.1, -0.05) is 17.7 Å². The van der Waals surface area contributed by atoms with Crippen LogP contribution >= 0.6 is 11.6 Å². The first-order valence-electron chi connectivity index (χ1n) is 8.52. The molecule has 140 valence electrons. The fourth-order valence-electron chi connectivity index (χ4n) is 3.08. The first kappa shape index (κ1) is 18.8. The second-order valence-corrected chi connectivity index (χ2v) is 6.78. The molecule has 0 saturated carbocycles. The van der Waals surface area contributed by atoms with Crippen LogP contribution in [0.5, 0.6) is 0 Å². The van der Waals surface area contributed by atoms with E-state index in [0.717, 1.165) is 43.0 Å². The van der Waals surface area contributed by atoms with Crippen molar-refractivity contribution >= 4 is 17.5 Å². The predicted molar refractivity (Wildman–Crippen MR) is 96.1 cm³/mol. The number of benzene rings is 1. The molecule has 3 rings (SSSR count). The lowest BCUT2D eigenvalue weighted by Gasteiger charge is -2.19. The van der Waals surface area contributed by atoms with Crippen molar-refractivity contribution in [3.05, 3.63) is 52.1 Å². The molecule has 1 aromatic carbocycles. The molecule has 1 aliphatic heterocycles. The zero-order valence-corrected chi connectivity index (χ0v) is 15.4. The molecule has 6 nitrogen and oxygen atoms in total. The molecule has 2 heterocycles. The summed E-state index contributed by atoms with van der Waals surface area (Å²) in [6, 6.07) is 6.86. The number of halogens is 2. The normalized spacial score (nSPS) is 14.7. The van der Waals surface area contributed by atoms with Gasteiger partial charge in [0.2, 0.25) is 5.91 Å². The molecular formula is C18H22ClFN4O2. The number of hydrogen-bond acceptors (Lipinski definition) is 4. The number of methoxy groups -OCH3 is 1. The highest BCUT2D eigenvalue weighted by atomic mass is 35.5. The standard InChI is InChI=1S/C18H22ClFN4O2/c1-26-12-18(25)21-9-14-8-15-11-23(5-2-6-24(15)22-14)10-13-3-4-17(20)16(19)7-13/h3-4,7-8H,2,5-6,9-12H2,1H3,(H,21,25). The molecule has 0 unspecified atom stereocenters. The molecule has 0 spiro atoms. The van der Waals surface area contributed by atoms with Crippen molar-refractivity contribution in [2.24, 2.45) is 0 Å². The van der Waals surface area contributed by atoms with E-state index in [1.807, 2.05) is 10.7 Å². The van der Waals surface area contributed by atoms with Gasteiger partial charge in [0.15, 0.2) is 0 Å². The van der Waals surface area contributed by atoms with E-state index in [-0.39, 0.29) is 17.5 Å². The molecule has 0 aliphatic carbocycles. The van der Waals surface area contributed by atoms with Gasteiger partial charge >= 0.3 is 0 Å². The summed E-state index contributed by atoms with van der Waals surface area (Å²) in [5.41, 5.74) is 2.92. The topological polar surface area (TPSA) is 59.4 Å². The Bertz CT molecular complexity index is 781. The minimum Gasteiger partial charge on any atom is -0.375 e. The van der Waals surface area contributed by atoms with Crippen LogP contribution in [0.3, 0.4) is 0 Å². The molecule has 0 bridgehead atoms. The summed E-state index contributed by atoms with van der Waals surface area (Å²) in [6.07, 6.45) is 0.971. The van der Waals surface area contributed by atoms with Gasteiger partial charge < -0.3 is 10.1 Å². The predicted octanol–water partition coefficient (Wildman–Crippen LogP) is 2.34. The van der Waals surface area contributed by atoms with Gasteiger partial charge in [0, 0.05) is 33.3 Å². The van der Waals surface area contributed by atoms with E-state index in [1.54, 1.807) is 12.1 Å². The number of nitrogens with one attached hydrogen (secondary N) is 1. The Kier molecular flexibility index (Phi) is 6.24.